The van der Waals surface area contributed by atoms with E-state index in [1.165, 1.54) is 0 Å². The molecule has 2 N–H and O–H groups in total. The number of carbonyl (C=O) groups is 1. The van der Waals surface area contributed by atoms with Gasteiger partial charge < -0.3 is 15.4 Å². The molecule has 0 aromatic carbocycles. The number of hydrogen-bond donors (Lipinski definition) is 2. The van der Waals surface area contributed by atoms with E-state index in [-0.39, 0.29) is 6.09 Å². The normalized spacial score (nSPS) is 25.5. The van der Waals surface area contributed by atoms with Gasteiger partial charge in [-0.1, -0.05) is 6.92 Å². The van der Waals surface area contributed by atoms with Gasteiger partial charge in [-0.15, -0.1) is 0 Å². The van der Waals surface area contributed by atoms with Crippen LogP contribution in [0.3, 0.4) is 0 Å². The second-order valence-electron chi connectivity index (χ2n) is 5.61. The molecule has 94 valence electrons. The van der Waals surface area contributed by atoms with Crippen molar-refractivity contribution in [2.45, 2.75) is 39.7 Å². The summed E-state index contributed by atoms with van der Waals surface area (Å²) in [6.07, 6.45) is 0.707. The fourth-order valence-corrected chi connectivity index (χ4v) is 1.92. The quantitative estimate of drug-likeness (QED) is 0.774. The average Bonchev–Trinajstić information content (AvgIpc) is 2.48. The second-order valence-corrected chi connectivity index (χ2v) is 5.61. The molecule has 0 aliphatic carbocycles. The molecular weight excluding hydrogens is 204 g/mol. The lowest BCUT2D eigenvalue weighted by Gasteiger charge is -2.20. The van der Waals surface area contributed by atoms with Crippen LogP contribution in [0.25, 0.3) is 0 Å². The van der Waals surface area contributed by atoms with Gasteiger partial charge in [-0.25, -0.2) is 4.79 Å². The Hall–Kier alpha value is -0.770. The predicted molar refractivity (Wildman–Crippen MR) is 64.4 cm³/mol. The van der Waals surface area contributed by atoms with Crippen molar-refractivity contribution >= 4 is 6.09 Å². The van der Waals surface area contributed by atoms with E-state index < -0.39 is 5.60 Å². The molecule has 1 heterocycles. The van der Waals surface area contributed by atoms with Gasteiger partial charge in [0, 0.05) is 6.54 Å². The van der Waals surface area contributed by atoms with Crippen molar-refractivity contribution in [3.8, 4) is 0 Å². The lowest BCUT2D eigenvalue weighted by Crippen LogP contribution is -2.34. The number of rotatable bonds is 3. The number of ether oxygens (including phenoxy) is 1. The third-order valence-corrected chi connectivity index (χ3v) is 2.86. The standard InChI is InChI=1S/C12H24N2O2/c1-9-7-13-8-10(9)5-6-14-11(15)16-12(2,3)4/h9-10,13H,5-8H2,1-4H3,(H,14,15)/t9-,10-/m1/s1. The zero-order valence-corrected chi connectivity index (χ0v) is 10.8. The molecule has 0 unspecified atom stereocenters. The molecular formula is C12H24N2O2. The van der Waals surface area contributed by atoms with Gasteiger partial charge in [-0.2, -0.15) is 0 Å². The zero-order chi connectivity index (χ0) is 12.2. The first kappa shape index (κ1) is 13.3. The SMILES string of the molecule is C[C@@H]1CNC[C@H]1CCNC(=O)OC(C)(C)C. The van der Waals surface area contributed by atoms with Crippen LogP contribution in [-0.4, -0.2) is 31.3 Å². The highest BCUT2D eigenvalue weighted by Crippen LogP contribution is 2.18. The van der Waals surface area contributed by atoms with Crippen LogP contribution < -0.4 is 10.6 Å². The highest BCUT2D eigenvalue weighted by atomic mass is 16.6. The van der Waals surface area contributed by atoms with Crippen molar-refractivity contribution < 1.29 is 9.53 Å². The monoisotopic (exact) mass is 228 g/mol. The molecule has 1 fully saturated rings. The largest absolute Gasteiger partial charge is 0.444 e. The third kappa shape index (κ3) is 4.84. The Labute approximate surface area is 98.1 Å². The highest BCUT2D eigenvalue weighted by Gasteiger charge is 2.23. The van der Waals surface area contributed by atoms with Crippen molar-refractivity contribution in [2.75, 3.05) is 19.6 Å². The van der Waals surface area contributed by atoms with Crippen molar-refractivity contribution in [2.24, 2.45) is 11.8 Å². The van der Waals surface area contributed by atoms with E-state index in [4.69, 9.17) is 4.74 Å². The average molecular weight is 228 g/mol. The molecule has 16 heavy (non-hydrogen) atoms. The molecule has 0 bridgehead atoms. The summed E-state index contributed by atoms with van der Waals surface area (Å²) < 4.78 is 5.16. The molecule has 0 radical (unpaired) electrons. The fourth-order valence-electron chi connectivity index (χ4n) is 1.92. The van der Waals surface area contributed by atoms with Crippen LogP contribution >= 0.6 is 0 Å². The van der Waals surface area contributed by atoms with Gasteiger partial charge in [0.15, 0.2) is 0 Å². The summed E-state index contributed by atoms with van der Waals surface area (Å²) in [7, 11) is 0. The minimum Gasteiger partial charge on any atom is -0.444 e. The Balaban J connectivity index is 2.13. The summed E-state index contributed by atoms with van der Waals surface area (Å²) in [6, 6.07) is 0. The van der Waals surface area contributed by atoms with Gasteiger partial charge in [0.1, 0.15) is 5.60 Å². The van der Waals surface area contributed by atoms with Gasteiger partial charge in [0.05, 0.1) is 0 Å². The molecule has 1 aliphatic heterocycles. The van der Waals surface area contributed by atoms with Crippen LogP contribution in [0, 0.1) is 11.8 Å². The summed E-state index contributed by atoms with van der Waals surface area (Å²) in [4.78, 5) is 11.4. The van der Waals surface area contributed by atoms with E-state index in [0.717, 1.165) is 19.5 Å². The summed E-state index contributed by atoms with van der Waals surface area (Å²) in [5, 5.41) is 6.15. The summed E-state index contributed by atoms with van der Waals surface area (Å²) in [5.74, 6) is 1.38. The fraction of sp³-hybridized carbons (Fsp3) is 0.917. The van der Waals surface area contributed by atoms with E-state index in [1.807, 2.05) is 20.8 Å². The Morgan fingerprint density at radius 1 is 1.44 bits per heavy atom. The Morgan fingerprint density at radius 3 is 2.62 bits per heavy atom. The second kappa shape index (κ2) is 5.53. The van der Waals surface area contributed by atoms with E-state index in [0.29, 0.717) is 18.4 Å². The lowest BCUT2D eigenvalue weighted by molar-refractivity contribution is 0.0524. The van der Waals surface area contributed by atoms with Crippen LogP contribution in [0.4, 0.5) is 4.79 Å². The predicted octanol–water partition coefficient (Wildman–Crippen LogP) is 1.76. The first-order valence-corrected chi connectivity index (χ1v) is 6.06. The van der Waals surface area contributed by atoms with Gasteiger partial charge >= 0.3 is 6.09 Å². The van der Waals surface area contributed by atoms with Crippen LogP contribution in [0.5, 0.6) is 0 Å². The van der Waals surface area contributed by atoms with E-state index >= 15 is 0 Å². The molecule has 0 spiro atoms. The van der Waals surface area contributed by atoms with Crippen LogP contribution in [-0.2, 0) is 4.74 Å². The number of nitrogens with one attached hydrogen (secondary N) is 2. The topological polar surface area (TPSA) is 50.4 Å². The van der Waals surface area contributed by atoms with E-state index in [1.54, 1.807) is 0 Å². The minimum atomic E-state index is -0.410. The van der Waals surface area contributed by atoms with Crippen molar-refractivity contribution in [3.63, 3.8) is 0 Å². The summed E-state index contributed by atoms with van der Waals surface area (Å²) in [5.41, 5.74) is -0.410. The Bertz CT molecular complexity index is 236. The molecule has 0 aromatic heterocycles. The molecule has 4 heteroatoms. The molecule has 4 nitrogen and oxygen atoms in total. The number of amides is 1. The number of alkyl carbamates (subject to hydrolysis) is 1. The van der Waals surface area contributed by atoms with Crippen molar-refractivity contribution in [3.05, 3.63) is 0 Å². The van der Waals surface area contributed by atoms with Crippen molar-refractivity contribution in [1.82, 2.24) is 10.6 Å². The molecule has 1 aliphatic rings. The van der Waals surface area contributed by atoms with Crippen LogP contribution in [0.15, 0.2) is 0 Å². The molecule has 1 saturated heterocycles. The maximum Gasteiger partial charge on any atom is 0.407 e. The molecule has 1 rings (SSSR count). The number of hydrogen-bond acceptors (Lipinski definition) is 3. The Kier molecular flexibility index (Phi) is 4.59. The Morgan fingerprint density at radius 2 is 2.12 bits per heavy atom. The molecule has 1 amide bonds. The van der Waals surface area contributed by atoms with Gasteiger partial charge in [-0.3, -0.25) is 0 Å². The first-order chi connectivity index (χ1) is 7.38. The zero-order valence-electron chi connectivity index (χ0n) is 10.8. The lowest BCUT2D eigenvalue weighted by atomic mass is 9.95. The number of carbonyl (C=O) groups excluding carboxylic acids is 1. The van der Waals surface area contributed by atoms with Gasteiger partial charge in [-0.05, 0) is 52.1 Å². The maximum absolute atomic E-state index is 11.4. The van der Waals surface area contributed by atoms with Gasteiger partial charge in [0.25, 0.3) is 0 Å². The summed E-state index contributed by atoms with van der Waals surface area (Å²) in [6.45, 7) is 10.7. The van der Waals surface area contributed by atoms with Gasteiger partial charge in [0.2, 0.25) is 0 Å². The van der Waals surface area contributed by atoms with Crippen LogP contribution in [0.1, 0.15) is 34.1 Å². The van der Waals surface area contributed by atoms with Crippen molar-refractivity contribution in [1.29, 1.82) is 0 Å². The minimum absolute atomic E-state index is 0.314. The molecule has 2 atom stereocenters. The molecule has 0 saturated carbocycles. The maximum atomic E-state index is 11.4. The molecule has 0 aromatic rings. The first-order valence-electron chi connectivity index (χ1n) is 6.06. The summed E-state index contributed by atoms with van der Waals surface area (Å²) >= 11 is 0. The third-order valence-electron chi connectivity index (χ3n) is 2.86. The van der Waals surface area contributed by atoms with E-state index in [2.05, 4.69) is 17.6 Å². The smallest absolute Gasteiger partial charge is 0.407 e. The van der Waals surface area contributed by atoms with E-state index in [9.17, 15) is 4.79 Å². The van der Waals surface area contributed by atoms with Crippen LogP contribution in [0.2, 0.25) is 0 Å². The highest BCUT2D eigenvalue weighted by molar-refractivity contribution is 5.67.